The summed E-state index contributed by atoms with van der Waals surface area (Å²) < 4.78 is 4.31. The number of hydrogen-bond donors (Lipinski definition) is 0. The molecule has 5 aromatic rings. The van der Waals surface area contributed by atoms with Crippen LogP contribution in [0.1, 0.15) is 0 Å². The second-order valence-electron chi connectivity index (χ2n) is 7.62. The van der Waals surface area contributed by atoms with E-state index in [2.05, 4.69) is 0 Å². The van der Waals surface area contributed by atoms with Crippen LogP contribution in [-0.2, 0) is 14.1 Å². The molecule has 0 aliphatic rings. The quantitative estimate of drug-likeness (QED) is 0.324. The van der Waals surface area contributed by atoms with Crippen molar-refractivity contribution in [2.24, 2.45) is 14.1 Å². The molecule has 0 amide bonds. The normalized spacial score (nSPS) is 11.3. The fourth-order valence-corrected chi connectivity index (χ4v) is 4.20. The van der Waals surface area contributed by atoms with Gasteiger partial charge in [0.25, 0.3) is 11.2 Å². The minimum atomic E-state index is -0.468. The molecular formula is C24H18N4O4. The van der Waals surface area contributed by atoms with Crippen LogP contribution >= 0.6 is 0 Å². The number of aromatic nitrogens is 3. The van der Waals surface area contributed by atoms with Gasteiger partial charge in [0.1, 0.15) is 0 Å². The van der Waals surface area contributed by atoms with Crippen molar-refractivity contribution in [2.75, 3.05) is 0 Å². The summed E-state index contributed by atoms with van der Waals surface area (Å²) in [5.74, 6) is 0. The monoisotopic (exact) mass is 426 g/mol. The highest BCUT2D eigenvalue weighted by molar-refractivity contribution is 5.98. The third-order valence-corrected chi connectivity index (χ3v) is 5.80. The summed E-state index contributed by atoms with van der Waals surface area (Å²) in [6.45, 7) is 0. The molecule has 8 nitrogen and oxygen atoms in total. The lowest BCUT2D eigenvalue weighted by Gasteiger charge is -2.13. The highest BCUT2D eigenvalue weighted by atomic mass is 16.6. The molecule has 0 aliphatic heterocycles. The van der Waals surface area contributed by atoms with Crippen LogP contribution in [0.5, 0.6) is 0 Å². The molecule has 8 heteroatoms. The molecule has 0 N–H and O–H groups in total. The van der Waals surface area contributed by atoms with Gasteiger partial charge in [-0.3, -0.25) is 24.0 Å². The van der Waals surface area contributed by atoms with E-state index in [0.717, 1.165) is 21.0 Å². The van der Waals surface area contributed by atoms with Crippen LogP contribution in [-0.4, -0.2) is 18.6 Å². The lowest BCUT2D eigenvalue weighted by molar-refractivity contribution is -0.384. The predicted octanol–water partition coefficient (Wildman–Crippen LogP) is 3.76. The largest absolute Gasteiger partial charge is 0.330 e. The molecule has 0 radical (unpaired) electrons. The van der Waals surface area contributed by atoms with Gasteiger partial charge in [-0.05, 0) is 11.5 Å². The van der Waals surface area contributed by atoms with Crippen LogP contribution in [0.3, 0.4) is 0 Å². The van der Waals surface area contributed by atoms with Crippen molar-refractivity contribution < 1.29 is 4.92 Å². The second kappa shape index (κ2) is 7.05. The Bertz CT molecular complexity index is 1670. The Labute approximate surface area is 181 Å². The summed E-state index contributed by atoms with van der Waals surface area (Å²) in [5.41, 5.74) is 1.28. The topological polar surface area (TPSA) is 92.1 Å². The van der Waals surface area contributed by atoms with Crippen molar-refractivity contribution in [1.82, 2.24) is 13.7 Å². The summed E-state index contributed by atoms with van der Waals surface area (Å²) in [6.07, 6.45) is 1.74. The van der Waals surface area contributed by atoms with Crippen molar-refractivity contribution in [1.29, 1.82) is 0 Å². The molecule has 158 valence electrons. The van der Waals surface area contributed by atoms with E-state index in [9.17, 15) is 19.7 Å². The molecule has 3 aromatic carbocycles. The molecule has 0 saturated heterocycles. The van der Waals surface area contributed by atoms with Gasteiger partial charge in [-0.2, -0.15) is 0 Å². The summed E-state index contributed by atoms with van der Waals surface area (Å²) in [4.78, 5) is 36.8. The lowest BCUT2D eigenvalue weighted by Crippen LogP contribution is -2.36. The van der Waals surface area contributed by atoms with E-state index in [1.807, 2.05) is 47.0 Å². The van der Waals surface area contributed by atoms with E-state index >= 15 is 0 Å². The molecule has 2 aromatic heterocycles. The minimum Gasteiger partial charge on any atom is -0.313 e. The van der Waals surface area contributed by atoms with Gasteiger partial charge in [-0.1, -0.05) is 48.5 Å². The smallest absolute Gasteiger partial charge is 0.313 e. The Morgan fingerprint density at radius 2 is 1.59 bits per heavy atom. The molecule has 2 heterocycles. The van der Waals surface area contributed by atoms with Gasteiger partial charge < -0.3 is 4.57 Å². The van der Waals surface area contributed by atoms with E-state index in [1.54, 1.807) is 25.4 Å². The van der Waals surface area contributed by atoms with Crippen LogP contribution in [0.25, 0.3) is 38.6 Å². The van der Waals surface area contributed by atoms with Gasteiger partial charge in [-0.15, -0.1) is 0 Å². The number of rotatable bonds is 3. The van der Waals surface area contributed by atoms with Gasteiger partial charge in [0.2, 0.25) is 0 Å². The van der Waals surface area contributed by atoms with Gasteiger partial charge in [0.15, 0.2) is 0 Å². The van der Waals surface area contributed by atoms with Crippen molar-refractivity contribution in [3.63, 3.8) is 0 Å². The Morgan fingerprint density at radius 1 is 0.875 bits per heavy atom. The van der Waals surface area contributed by atoms with E-state index in [-0.39, 0.29) is 5.69 Å². The summed E-state index contributed by atoms with van der Waals surface area (Å²) in [6, 6.07) is 19.8. The Hall–Kier alpha value is -4.46. The van der Waals surface area contributed by atoms with Crippen LogP contribution < -0.4 is 11.2 Å². The van der Waals surface area contributed by atoms with Crippen LogP contribution in [0.4, 0.5) is 5.69 Å². The van der Waals surface area contributed by atoms with E-state index in [4.69, 9.17) is 0 Å². The Balaban J connectivity index is 2.00. The average Bonchev–Trinajstić information content (AvgIpc) is 3.21. The molecule has 0 atom stereocenters. The van der Waals surface area contributed by atoms with Crippen molar-refractivity contribution >= 4 is 27.4 Å². The van der Waals surface area contributed by atoms with Crippen molar-refractivity contribution in [3.8, 4) is 16.9 Å². The predicted molar refractivity (Wildman–Crippen MR) is 123 cm³/mol. The first-order chi connectivity index (χ1) is 15.4. The molecule has 0 saturated carbocycles. The average molecular weight is 426 g/mol. The lowest BCUT2D eigenvalue weighted by atomic mass is 10.1. The first kappa shape index (κ1) is 19.5. The third-order valence-electron chi connectivity index (χ3n) is 5.80. The SMILES string of the molecule is Cn1c(=O)c2c(-c3cccc([N+](=O)[O-])c3)n(-c3cccc4ccccc34)cc2n(C)c1=O. The first-order valence-corrected chi connectivity index (χ1v) is 9.92. The van der Waals surface area contributed by atoms with Gasteiger partial charge >= 0.3 is 5.69 Å². The third kappa shape index (κ3) is 2.77. The molecule has 0 bridgehead atoms. The van der Waals surface area contributed by atoms with Crippen molar-refractivity contribution in [3.05, 3.63) is 104 Å². The zero-order valence-electron chi connectivity index (χ0n) is 17.4. The van der Waals surface area contributed by atoms with E-state index in [1.165, 1.54) is 23.7 Å². The molecule has 0 aliphatic carbocycles. The zero-order chi connectivity index (χ0) is 22.6. The van der Waals surface area contributed by atoms with Crippen LogP contribution in [0.15, 0.2) is 82.5 Å². The molecule has 0 fully saturated rings. The molecule has 0 spiro atoms. The fourth-order valence-electron chi connectivity index (χ4n) is 4.20. The summed E-state index contributed by atoms with van der Waals surface area (Å²) in [7, 11) is 3.03. The molecule has 32 heavy (non-hydrogen) atoms. The van der Waals surface area contributed by atoms with Crippen LogP contribution in [0.2, 0.25) is 0 Å². The number of non-ortho nitro benzene ring substituents is 1. The number of nitrogens with zero attached hydrogens (tertiary/aromatic N) is 4. The maximum Gasteiger partial charge on any atom is 0.330 e. The zero-order valence-corrected chi connectivity index (χ0v) is 17.4. The number of hydrogen-bond acceptors (Lipinski definition) is 4. The van der Waals surface area contributed by atoms with E-state index < -0.39 is 16.2 Å². The number of benzene rings is 3. The minimum absolute atomic E-state index is 0.0806. The number of nitro benzene ring substituents is 1. The van der Waals surface area contributed by atoms with Gasteiger partial charge in [0, 0.05) is 43.4 Å². The summed E-state index contributed by atoms with van der Waals surface area (Å²) in [5, 5.41) is 13.7. The van der Waals surface area contributed by atoms with E-state index in [0.29, 0.717) is 22.2 Å². The highest BCUT2D eigenvalue weighted by Crippen LogP contribution is 2.34. The maximum absolute atomic E-state index is 13.2. The molecule has 5 rings (SSSR count). The number of nitro groups is 1. The highest BCUT2D eigenvalue weighted by Gasteiger charge is 2.22. The summed E-state index contributed by atoms with van der Waals surface area (Å²) >= 11 is 0. The standard InChI is InChI=1S/C24H18N4O4/c1-25-20-14-27(19-12-6-8-15-7-3-4-11-18(15)19)22(21(20)23(29)26(2)24(25)30)16-9-5-10-17(13-16)28(31)32/h3-14H,1-2H3. The molecular weight excluding hydrogens is 408 g/mol. The van der Waals surface area contributed by atoms with Crippen LogP contribution in [0, 0.1) is 10.1 Å². The first-order valence-electron chi connectivity index (χ1n) is 9.92. The Morgan fingerprint density at radius 3 is 2.38 bits per heavy atom. The fraction of sp³-hybridized carbons (Fsp3) is 0.0833. The van der Waals surface area contributed by atoms with Crippen molar-refractivity contribution in [2.45, 2.75) is 0 Å². The van der Waals surface area contributed by atoms with Gasteiger partial charge in [-0.25, -0.2) is 4.79 Å². The van der Waals surface area contributed by atoms with Gasteiger partial charge in [0.05, 0.1) is 27.2 Å². The second-order valence-corrected chi connectivity index (χ2v) is 7.62. The molecule has 0 unspecified atom stereocenters. The number of aryl methyl sites for hydroxylation is 1. The number of fused-ring (bicyclic) bond motifs is 2. The Kier molecular flexibility index (Phi) is 4.30. The maximum atomic E-state index is 13.2.